The number of hydrogen-bond acceptors (Lipinski definition) is 4. The third kappa shape index (κ3) is 2.48. The summed E-state index contributed by atoms with van der Waals surface area (Å²) < 4.78 is 7.62. The molecule has 5 rings (SSSR count). The maximum atomic E-state index is 12.7. The second-order valence-corrected chi connectivity index (χ2v) is 7.55. The molecule has 3 unspecified atom stereocenters. The Bertz CT molecular complexity index is 954. The summed E-state index contributed by atoms with van der Waals surface area (Å²) in [6, 6.07) is 9.43. The average Bonchev–Trinajstić information content (AvgIpc) is 3.36. The van der Waals surface area contributed by atoms with Crippen molar-refractivity contribution in [3.63, 3.8) is 0 Å². The molecule has 4 heterocycles. The fourth-order valence-corrected chi connectivity index (χ4v) is 4.20. The maximum absolute atomic E-state index is 12.7. The number of carbonyl (C=O) groups excluding carboxylic acids is 1. The van der Waals surface area contributed by atoms with Crippen LogP contribution in [0, 0.1) is 0 Å². The van der Waals surface area contributed by atoms with Crippen molar-refractivity contribution < 1.29 is 9.53 Å². The summed E-state index contributed by atoms with van der Waals surface area (Å²) >= 11 is 6.58. The van der Waals surface area contributed by atoms with Gasteiger partial charge in [0.05, 0.1) is 17.9 Å². The minimum Gasteiger partial charge on any atom is -0.373 e. The molecule has 0 aliphatic carbocycles. The molecule has 0 radical (unpaired) electrons. The first-order valence-electron chi connectivity index (χ1n) is 8.68. The van der Waals surface area contributed by atoms with Gasteiger partial charge < -0.3 is 10.1 Å². The van der Waals surface area contributed by atoms with Crippen LogP contribution in [-0.4, -0.2) is 37.4 Å². The van der Waals surface area contributed by atoms with Gasteiger partial charge in [0.15, 0.2) is 4.87 Å². The number of halogens is 1. The topological polar surface area (TPSA) is 68.5 Å². The zero-order chi connectivity index (χ0) is 17.7. The normalized spacial score (nSPS) is 27.1. The van der Waals surface area contributed by atoms with Crippen LogP contribution in [0.15, 0.2) is 48.9 Å². The van der Waals surface area contributed by atoms with Crippen LogP contribution < -0.4 is 5.32 Å². The number of nitrogens with zero attached hydrogens (tertiary/aromatic N) is 3. The van der Waals surface area contributed by atoms with Gasteiger partial charge in [-0.05, 0) is 31.0 Å². The number of imidazole rings is 1. The number of amides is 1. The minimum atomic E-state index is -0.950. The number of carbonyl (C=O) groups is 1. The lowest BCUT2D eigenvalue weighted by Crippen LogP contribution is -2.45. The van der Waals surface area contributed by atoms with Gasteiger partial charge in [0, 0.05) is 36.3 Å². The van der Waals surface area contributed by atoms with E-state index in [1.807, 2.05) is 47.1 Å². The largest absolute Gasteiger partial charge is 0.373 e. The lowest BCUT2D eigenvalue weighted by Gasteiger charge is -2.27. The number of anilines is 1. The predicted molar refractivity (Wildman–Crippen MR) is 98.1 cm³/mol. The fourth-order valence-electron chi connectivity index (χ4n) is 3.82. The quantitative estimate of drug-likeness (QED) is 0.720. The number of ether oxygens (including phenoxy) is 1. The third-order valence-corrected chi connectivity index (χ3v) is 5.76. The number of nitrogens with one attached hydrogen (secondary N) is 1. The zero-order valence-corrected chi connectivity index (χ0v) is 14.7. The second kappa shape index (κ2) is 5.79. The molecule has 3 aromatic rings. The van der Waals surface area contributed by atoms with E-state index in [1.165, 1.54) is 0 Å². The Kier molecular flexibility index (Phi) is 3.52. The molecule has 2 saturated heterocycles. The van der Waals surface area contributed by atoms with Crippen molar-refractivity contribution in [2.45, 2.75) is 36.3 Å². The van der Waals surface area contributed by atoms with Crippen molar-refractivity contribution in [3.05, 3.63) is 48.9 Å². The van der Waals surface area contributed by atoms with Crippen molar-refractivity contribution in [2.75, 3.05) is 5.32 Å². The molecule has 132 valence electrons. The highest BCUT2D eigenvalue weighted by Gasteiger charge is 2.56. The standard InChI is InChI=1S/C19H17ClN4O2/c20-19(10-14-6-7-16(19)26-14)17(25)22-13-4-2-12(3-5-13)15-11-24-9-1-8-21-18(24)23-15/h1-5,8-9,11,14,16H,6-7,10H2,(H,22,25). The monoisotopic (exact) mass is 368 g/mol. The molecule has 0 saturated carbocycles. The molecule has 1 aromatic carbocycles. The molecule has 1 amide bonds. The van der Waals surface area contributed by atoms with Crippen LogP contribution >= 0.6 is 11.6 Å². The van der Waals surface area contributed by atoms with E-state index in [4.69, 9.17) is 16.3 Å². The molecule has 2 aliphatic rings. The highest BCUT2D eigenvalue weighted by molar-refractivity contribution is 6.37. The third-order valence-electron chi connectivity index (χ3n) is 5.19. The van der Waals surface area contributed by atoms with Gasteiger partial charge in [-0.1, -0.05) is 12.1 Å². The Morgan fingerprint density at radius 3 is 2.85 bits per heavy atom. The first-order valence-corrected chi connectivity index (χ1v) is 9.06. The minimum absolute atomic E-state index is 0.120. The van der Waals surface area contributed by atoms with Crippen LogP contribution in [0.2, 0.25) is 0 Å². The van der Waals surface area contributed by atoms with Gasteiger partial charge in [0.2, 0.25) is 11.7 Å². The van der Waals surface area contributed by atoms with Gasteiger partial charge in [-0.3, -0.25) is 9.20 Å². The van der Waals surface area contributed by atoms with Crippen molar-refractivity contribution in [1.82, 2.24) is 14.4 Å². The molecule has 3 atom stereocenters. The number of hydrogen-bond donors (Lipinski definition) is 1. The molecule has 2 aromatic heterocycles. The van der Waals surface area contributed by atoms with Crippen LogP contribution in [0.4, 0.5) is 5.69 Å². The van der Waals surface area contributed by atoms with Crippen LogP contribution in [0.3, 0.4) is 0 Å². The summed E-state index contributed by atoms with van der Waals surface area (Å²) in [5.41, 5.74) is 2.50. The Morgan fingerprint density at radius 1 is 1.31 bits per heavy atom. The van der Waals surface area contributed by atoms with Gasteiger partial charge in [0.25, 0.3) is 0 Å². The Balaban J connectivity index is 1.34. The van der Waals surface area contributed by atoms with E-state index in [9.17, 15) is 4.79 Å². The summed E-state index contributed by atoms with van der Waals surface area (Å²) in [6.45, 7) is 0. The summed E-state index contributed by atoms with van der Waals surface area (Å²) in [7, 11) is 0. The van der Waals surface area contributed by atoms with Crippen LogP contribution in [0.25, 0.3) is 17.0 Å². The molecule has 1 N–H and O–H groups in total. The number of fused-ring (bicyclic) bond motifs is 3. The van der Waals surface area contributed by atoms with Gasteiger partial charge in [-0.15, -0.1) is 11.6 Å². The summed E-state index contributed by atoms with van der Waals surface area (Å²) in [5, 5.41) is 2.93. The smallest absolute Gasteiger partial charge is 0.248 e. The summed E-state index contributed by atoms with van der Waals surface area (Å²) in [5.74, 6) is 0.469. The molecular formula is C19H17ClN4O2. The molecule has 2 bridgehead atoms. The lowest BCUT2D eigenvalue weighted by molar-refractivity contribution is -0.119. The molecule has 2 aliphatic heterocycles. The van der Waals surface area contributed by atoms with Crippen LogP contribution in [0.1, 0.15) is 19.3 Å². The summed E-state index contributed by atoms with van der Waals surface area (Å²) in [4.78, 5) is 20.4. The van der Waals surface area contributed by atoms with Gasteiger partial charge in [-0.25, -0.2) is 9.97 Å². The van der Waals surface area contributed by atoms with E-state index in [1.54, 1.807) is 6.20 Å². The van der Waals surface area contributed by atoms with E-state index >= 15 is 0 Å². The van der Waals surface area contributed by atoms with Crippen molar-refractivity contribution in [3.8, 4) is 11.3 Å². The fraction of sp³-hybridized carbons (Fsp3) is 0.316. The van der Waals surface area contributed by atoms with Crippen LogP contribution in [0.5, 0.6) is 0 Å². The van der Waals surface area contributed by atoms with Gasteiger partial charge >= 0.3 is 0 Å². The van der Waals surface area contributed by atoms with E-state index < -0.39 is 4.87 Å². The predicted octanol–water partition coefficient (Wildman–Crippen LogP) is 3.26. The van der Waals surface area contributed by atoms with E-state index in [0.717, 1.165) is 24.1 Å². The molecule has 6 nitrogen and oxygen atoms in total. The Labute approximate surface area is 155 Å². The van der Waals surface area contributed by atoms with Crippen LogP contribution in [-0.2, 0) is 9.53 Å². The molecule has 2 fully saturated rings. The zero-order valence-electron chi connectivity index (χ0n) is 13.9. The average molecular weight is 369 g/mol. The number of aromatic nitrogens is 3. The van der Waals surface area contributed by atoms with E-state index in [-0.39, 0.29) is 18.1 Å². The van der Waals surface area contributed by atoms with E-state index in [0.29, 0.717) is 17.9 Å². The van der Waals surface area contributed by atoms with Gasteiger partial charge in [-0.2, -0.15) is 0 Å². The molecular weight excluding hydrogens is 352 g/mol. The first kappa shape index (κ1) is 15.8. The lowest BCUT2D eigenvalue weighted by atomic mass is 9.87. The highest BCUT2D eigenvalue weighted by Crippen LogP contribution is 2.46. The Hall–Kier alpha value is -2.44. The van der Waals surface area contributed by atoms with Gasteiger partial charge in [0.1, 0.15) is 0 Å². The number of rotatable bonds is 3. The molecule has 26 heavy (non-hydrogen) atoms. The highest BCUT2D eigenvalue weighted by atomic mass is 35.5. The van der Waals surface area contributed by atoms with Crippen molar-refractivity contribution in [1.29, 1.82) is 0 Å². The van der Waals surface area contributed by atoms with Crippen molar-refractivity contribution in [2.24, 2.45) is 0 Å². The second-order valence-electron chi connectivity index (χ2n) is 6.88. The maximum Gasteiger partial charge on any atom is 0.248 e. The summed E-state index contributed by atoms with van der Waals surface area (Å²) in [6.07, 6.45) is 7.91. The SMILES string of the molecule is O=C(Nc1ccc(-c2cn3cccnc3n2)cc1)C1(Cl)CC2CCC1O2. The number of alkyl halides is 1. The number of benzene rings is 1. The van der Waals surface area contributed by atoms with Crippen molar-refractivity contribution >= 4 is 29.0 Å². The Morgan fingerprint density at radius 2 is 2.15 bits per heavy atom. The molecule has 0 spiro atoms. The van der Waals surface area contributed by atoms with E-state index in [2.05, 4.69) is 15.3 Å². The molecule has 7 heteroatoms. The first-order chi connectivity index (χ1) is 12.6.